The maximum atomic E-state index is 14.0. The van der Waals surface area contributed by atoms with Gasteiger partial charge in [-0.2, -0.15) is 0 Å². The van der Waals surface area contributed by atoms with E-state index < -0.39 is 11.6 Å². The topological polar surface area (TPSA) is 0 Å². The second-order valence-corrected chi connectivity index (χ2v) is 6.81. The molecule has 0 heterocycles. The molecule has 0 radical (unpaired) electrons. The fraction of sp³-hybridized carbons (Fsp3) is 0.619. The molecule has 1 aliphatic rings. The lowest BCUT2D eigenvalue weighted by Gasteiger charge is -2.25. The fourth-order valence-corrected chi connectivity index (χ4v) is 3.44. The summed E-state index contributed by atoms with van der Waals surface area (Å²) < 4.78 is 28.1. The number of rotatable bonds is 5. The van der Waals surface area contributed by atoms with E-state index in [1.807, 2.05) is 6.92 Å². The molecule has 0 spiro atoms. The molecule has 23 heavy (non-hydrogen) atoms. The number of aryl methyl sites for hydroxylation is 1. The molecular weight excluding hydrogens is 290 g/mol. The molecule has 0 bridgehead atoms. The maximum Gasteiger partial charge on any atom is 0.142 e. The Labute approximate surface area is 139 Å². The summed E-state index contributed by atoms with van der Waals surface area (Å²) in [5, 5.41) is 0. The smallest absolute Gasteiger partial charge is 0.142 e. The normalized spacial score (nSPS) is 20.9. The average Bonchev–Trinajstić information content (AvgIpc) is 2.53. The van der Waals surface area contributed by atoms with Crippen LogP contribution in [0.25, 0.3) is 0 Å². The quantitative estimate of drug-likeness (QED) is 0.562. The van der Waals surface area contributed by atoms with Crippen LogP contribution in [-0.4, -0.2) is 0 Å². The summed E-state index contributed by atoms with van der Waals surface area (Å²) in [6, 6.07) is 2.86. The molecule has 1 saturated carbocycles. The van der Waals surface area contributed by atoms with Crippen molar-refractivity contribution in [3.8, 4) is 11.8 Å². The Morgan fingerprint density at radius 1 is 1.00 bits per heavy atom. The van der Waals surface area contributed by atoms with Crippen molar-refractivity contribution < 1.29 is 8.78 Å². The molecular formula is C21H28F2. The summed E-state index contributed by atoms with van der Waals surface area (Å²) in [5.41, 5.74) is 0.655. The van der Waals surface area contributed by atoms with E-state index >= 15 is 0 Å². The summed E-state index contributed by atoms with van der Waals surface area (Å²) >= 11 is 0. The van der Waals surface area contributed by atoms with Crippen molar-refractivity contribution in [3.05, 3.63) is 34.9 Å². The van der Waals surface area contributed by atoms with E-state index in [4.69, 9.17) is 0 Å². The van der Waals surface area contributed by atoms with Gasteiger partial charge in [-0.05, 0) is 55.7 Å². The first-order chi connectivity index (χ1) is 11.1. The van der Waals surface area contributed by atoms with E-state index in [9.17, 15) is 8.78 Å². The van der Waals surface area contributed by atoms with Crippen LogP contribution in [-0.2, 0) is 6.42 Å². The third-order valence-electron chi connectivity index (χ3n) is 4.85. The minimum absolute atomic E-state index is 0.0574. The number of benzene rings is 1. The van der Waals surface area contributed by atoms with Crippen molar-refractivity contribution in [1.29, 1.82) is 0 Å². The molecule has 0 aliphatic heterocycles. The van der Waals surface area contributed by atoms with E-state index in [2.05, 4.69) is 18.8 Å². The minimum atomic E-state index is -0.516. The molecule has 1 aromatic rings. The molecule has 2 rings (SSSR count). The number of hydrogen-bond donors (Lipinski definition) is 0. The van der Waals surface area contributed by atoms with Crippen molar-refractivity contribution in [2.45, 2.75) is 71.6 Å². The second-order valence-electron chi connectivity index (χ2n) is 6.81. The molecule has 1 aromatic carbocycles. The van der Waals surface area contributed by atoms with Crippen molar-refractivity contribution in [2.24, 2.45) is 11.8 Å². The minimum Gasteiger partial charge on any atom is -0.206 e. The summed E-state index contributed by atoms with van der Waals surface area (Å²) in [5.74, 6) is 5.99. The molecule has 0 unspecified atom stereocenters. The molecule has 0 N–H and O–H groups in total. The van der Waals surface area contributed by atoms with Gasteiger partial charge in [0, 0.05) is 5.92 Å². The largest absolute Gasteiger partial charge is 0.206 e. The van der Waals surface area contributed by atoms with Crippen LogP contribution in [0.4, 0.5) is 8.78 Å². The van der Waals surface area contributed by atoms with Crippen molar-refractivity contribution in [2.75, 3.05) is 0 Å². The van der Waals surface area contributed by atoms with Gasteiger partial charge in [0.2, 0.25) is 0 Å². The average molecular weight is 318 g/mol. The van der Waals surface area contributed by atoms with Gasteiger partial charge in [-0.1, -0.05) is 51.4 Å². The van der Waals surface area contributed by atoms with Crippen LogP contribution in [0, 0.1) is 35.3 Å². The molecule has 0 saturated heterocycles. The Hall–Kier alpha value is -1.36. The zero-order valence-corrected chi connectivity index (χ0v) is 14.4. The van der Waals surface area contributed by atoms with E-state index in [0.29, 0.717) is 17.9 Å². The highest BCUT2D eigenvalue weighted by Crippen LogP contribution is 2.31. The predicted molar refractivity (Wildman–Crippen MR) is 92.2 cm³/mol. The molecule has 1 aliphatic carbocycles. The number of hydrogen-bond acceptors (Lipinski definition) is 0. The van der Waals surface area contributed by atoms with Crippen LogP contribution in [0.15, 0.2) is 12.1 Å². The third kappa shape index (κ3) is 5.34. The van der Waals surface area contributed by atoms with Crippen LogP contribution in [0.1, 0.15) is 76.3 Å². The van der Waals surface area contributed by atoms with Gasteiger partial charge in [0.15, 0.2) is 0 Å². The molecule has 0 nitrogen and oxygen atoms in total. The Morgan fingerprint density at radius 2 is 1.65 bits per heavy atom. The van der Waals surface area contributed by atoms with E-state index in [1.165, 1.54) is 44.2 Å². The maximum absolute atomic E-state index is 14.0. The SMILES string of the molecule is CCCCC1CCC(C#Cc2c(F)cc(CCC)cc2F)CC1. The monoisotopic (exact) mass is 318 g/mol. The lowest BCUT2D eigenvalue weighted by Crippen LogP contribution is -2.13. The summed E-state index contributed by atoms with van der Waals surface area (Å²) in [7, 11) is 0. The van der Waals surface area contributed by atoms with Gasteiger partial charge in [0.05, 0.1) is 5.56 Å². The fourth-order valence-electron chi connectivity index (χ4n) is 3.44. The zero-order valence-electron chi connectivity index (χ0n) is 14.4. The highest BCUT2D eigenvalue weighted by atomic mass is 19.1. The highest BCUT2D eigenvalue weighted by Gasteiger charge is 2.19. The van der Waals surface area contributed by atoms with Gasteiger partial charge < -0.3 is 0 Å². The van der Waals surface area contributed by atoms with E-state index in [1.54, 1.807) is 0 Å². The number of unbranched alkanes of at least 4 members (excludes halogenated alkanes) is 1. The van der Waals surface area contributed by atoms with Crippen LogP contribution in [0.2, 0.25) is 0 Å². The molecule has 126 valence electrons. The van der Waals surface area contributed by atoms with Crippen LogP contribution >= 0.6 is 0 Å². The Morgan fingerprint density at radius 3 is 2.22 bits per heavy atom. The first kappa shape index (κ1) is 18.0. The molecule has 0 amide bonds. The van der Waals surface area contributed by atoms with Crippen LogP contribution in [0.3, 0.4) is 0 Å². The Kier molecular flexibility index (Phi) is 7.09. The van der Waals surface area contributed by atoms with Crippen LogP contribution in [0.5, 0.6) is 0 Å². The predicted octanol–water partition coefficient (Wildman–Crippen LogP) is 6.27. The van der Waals surface area contributed by atoms with Gasteiger partial charge in [-0.3, -0.25) is 0 Å². The van der Waals surface area contributed by atoms with Gasteiger partial charge in [0.1, 0.15) is 11.6 Å². The third-order valence-corrected chi connectivity index (χ3v) is 4.85. The number of halogens is 2. The molecule has 0 atom stereocenters. The van der Waals surface area contributed by atoms with Gasteiger partial charge >= 0.3 is 0 Å². The van der Waals surface area contributed by atoms with Crippen molar-refractivity contribution in [3.63, 3.8) is 0 Å². The van der Waals surface area contributed by atoms with Crippen molar-refractivity contribution in [1.82, 2.24) is 0 Å². The van der Waals surface area contributed by atoms with Gasteiger partial charge in [-0.25, -0.2) is 8.78 Å². The summed E-state index contributed by atoms with van der Waals surface area (Å²) in [4.78, 5) is 0. The van der Waals surface area contributed by atoms with Crippen LogP contribution < -0.4 is 0 Å². The summed E-state index contributed by atoms with van der Waals surface area (Å²) in [6.07, 6.45) is 10.0. The Bertz CT molecular complexity index is 534. The van der Waals surface area contributed by atoms with E-state index in [0.717, 1.165) is 25.2 Å². The van der Waals surface area contributed by atoms with Gasteiger partial charge in [-0.15, -0.1) is 0 Å². The van der Waals surface area contributed by atoms with Gasteiger partial charge in [0.25, 0.3) is 0 Å². The Balaban J connectivity index is 1.97. The molecule has 1 fully saturated rings. The lowest BCUT2D eigenvalue weighted by atomic mass is 9.80. The highest BCUT2D eigenvalue weighted by molar-refractivity contribution is 5.39. The standard InChI is InChI=1S/C21H28F2/c1-3-5-7-16-8-10-17(11-9-16)12-13-19-20(22)14-18(6-4-2)15-21(19)23/h14-17H,3-11H2,1-2H3. The second kappa shape index (κ2) is 9.06. The lowest BCUT2D eigenvalue weighted by molar-refractivity contribution is 0.296. The molecule has 2 heteroatoms. The molecule has 0 aromatic heterocycles. The van der Waals surface area contributed by atoms with Crippen molar-refractivity contribution >= 4 is 0 Å². The first-order valence-electron chi connectivity index (χ1n) is 9.13. The zero-order chi connectivity index (χ0) is 16.7. The summed E-state index contributed by atoms with van der Waals surface area (Å²) in [6.45, 7) is 4.23. The van der Waals surface area contributed by atoms with E-state index in [-0.39, 0.29) is 5.56 Å². The first-order valence-corrected chi connectivity index (χ1v) is 9.13.